The maximum atomic E-state index is 12.9. The van der Waals surface area contributed by atoms with Crippen LogP contribution in [0.25, 0.3) is 6.08 Å². The SMILES string of the molecule is O=C(Oc1ccccc1C(F)(F)F)C1=Cc2ccccc2OC1. The van der Waals surface area contributed by atoms with E-state index in [1.807, 2.05) is 0 Å². The highest BCUT2D eigenvalue weighted by atomic mass is 19.4. The molecule has 0 bridgehead atoms. The molecule has 0 atom stereocenters. The van der Waals surface area contributed by atoms with Crippen molar-refractivity contribution in [1.29, 1.82) is 0 Å². The molecule has 0 radical (unpaired) electrons. The first-order valence-corrected chi connectivity index (χ1v) is 6.76. The van der Waals surface area contributed by atoms with Gasteiger partial charge in [-0.15, -0.1) is 0 Å². The number of para-hydroxylation sites is 2. The molecule has 0 aromatic heterocycles. The first kappa shape index (κ1) is 15.1. The zero-order chi connectivity index (χ0) is 16.4. The molecule has 1 aliphatic rings. The molecule has 1 aliphatic heterocycles. The topological polar surface area (TPSA) is 35.5 Å². The van der Waals surface area contributed by atoms with Crippen LogP contribution < -0.4 is 9.47 Å². The second kappa shape index (κ2) is 5.79. The highest BCUT2D eigenvalue weighted by Crippen LogP contribution is 2.36. The van der Waals surface area contributed by atoms with Gasteiger partial charge in [0.05, 0.1) is 11.1 Å². The minimum Gasteiger partial charge on any atom is -0.488 e. The lowest BCUT2D eigenvalue weighted by Crippen LogP contribution is -2.20. The van der Waals surface area contributed by atoms with E-state index in [0.717, 1.165) is 12.1 Å². The lowest BCUT2D eigenvalue weighted by molar-refractivity contribution is -0.141. The number of fused-ring (bicyclic) bond motifs is 1. The molecule has 0 fully saturated rings. The van der Waals surface area contributed by atoms with Crippen LogP contribution in [0.5, 0.6) is 11.5 Å². The minimum atomic E-state index is -4.60. The van der Waals surface area contributed by atoms with Crippen LogP contribution >= 0.6 is 0 Å². The van der Waals surface area contributed by atoms with Crippen molar-refractivity contribution in [3.05, 3.63) is 65.2 Å². The Balaban J connectivity index is 1.86. The van der Waals surface area contributed by atoms with Gasteiger partial charge in [0, 0.05) is 5.56 Å². The third kappa shape index (κ3) is 3.21. The van der Waals surface area contributed by atoms with Gasteiger partial charge < -0.3 is 9.47 Å². The van der Waals surface area contributed by atoms with Crippen LogP contribution in [0.1, 0.15) is 11.1 Å². The number of carbonyl (C=O) groups is 1. The molecule has 0 saturated heterocycles. The van der Waals surface area contributed by atoms with E-state index in [1.54, 1.807) is 30.3 Å². The van der Waals surface area contributed by atoms with Gasteiger partial charge in [0.15, 0.2) is 0 Å². The molecule has 1 heterocycles. The second-order valence-electron chi connectivity index (χ2n) is 4.88. The van der Waals surface area contributed by atoms with Gasteiger partial charge in [0.1, 0.15) is 18.1 Å². The van der Waals surface area contributed by atoms with Gasteiger partial charge in [-0.05, 0) is 24.3 Å². The molecular weight excluding hydrogens is 309 g/mol. The van der Waals surface area contributed by atoms with Gasteiger partial charge in [-0.25, -0.2) is 4.79 Å². The largest absolute Gasteiger partial charge is 0.488 e. The van der Waals surface area contributed by atoms with E-state index in [2.05, 4.69) is 0 Å². The normalized spacial score (nSPS) is 13.6. The van der Waals surface area contributed by atoms with Gasteiger partial charge >= 0.3 is 12.1 Å². The summed E-state index contributed by atoms with van der Waals surface area (Å²) in [6, 6.07) is 11.6. The highest BCUT2D eigenvalue weighted by molar-refractivity contribution is 5.96. The lowest BCUT2D eigenvalue weighted by atomic mass is 10.1. The van der Waals surface area contributed by atoms with Crippen molar-refractivity contribution in [2.45, 2.75) is 6.18 Å². The first-order chi connectivity index (χ1) is 10.9. The number of hydrogen-bond donors (Lipinski definition) is 0. The van der Waals surface area contributed by atoms with Gasteiger partial charge in [0.25, 0.3) is 0 Å². The molecular formula is C17H11F3O3. The number of alkyl halides is 3. The zero-order valence-corrected chi connectivity index (χ0v) is 11.8. The lowest BCUT2D eigenvalue weighted by Gasteiger charge is -2.18. The molecule has 118 valence electrons. The van der Waals surface area contributed by atoms with Crippen molar-refractivity contribution in [2.75, 3.05) is 6.61 Å². The van der Waals surface area contributed by atoms with Crippen LogP contribution in [-0.2, 0) is 11.0 Å². The average molecular weight is 320 g/mol. The summed E-state index contributed by atoms with van der Waals surface area (Å²) in [5.74, 6) is -0.777. The number of benzene rings is 2. The van der Waals surface area contributed by atoms with Crippen molar-refractivity contribution in [2.24, 2.45) is 0 Å². The smallest absolute Gasteiger partial charge is 0.419 e. The molecule has 2 aromatic carbocycles. The predicted octanol–water partition coefficient (Wildman–Crippen LogP) is 4.09. The second-order valence-corrected chi connectivity index (χ2v) is 4.88. The Morgan fingerprint density at radius 2 is 1.74 bits per heavy atom. The number of hydrogen-bond acceptors (Lipinski definition) is 3. The number of ether oxygens (including phenoxy) is 2. The fourth-order valence-electron chi connectivity index (χ4n) is 2.19. The Bertz CT molecular complexity index is 779. The van der Waals surface area contributed by atoms with Gasteiger partial charge in [-0.3, -0.25) is 0 Å². The zero-order valence-electron chi connectivity index (χ0n) is 11.8. The first-order valence-electron chi connectivity index (χ1n) is 6.76. The van der Waals surface area contributed by atoms with Crippen LogP contribution in [0.3, 0.4) is 0 Å². The third-order valence-electron chi connectivity index (χ3n) is 3.29. The maximum Gasteiger partial charge on any atom is 0.419 e. The molecule has 0 aliphatic carbocycles. The molecule has 23 heavy (non-hydrogen) atoms. The summed E-state index contributed by atoms with van der Waals surface area (Å²) in [4.78, 5) is 12.1. The van der Waals surface area contributed by atoms with Crippen LogP contribution in [0, 0.1) is 0 Å². The fourth-order valence-corrected chi connectivity index (χ4v) is 2.19. The number of halogens is 3. The highest BCUT2D eigenvalue weighted by Gasteiger charge is 2.35. The summed E-state index contributed by atoms with van der Waals surface area (Å²) in [5.41, 5.74) is -0.165. The maximum absolute atomic E-state index is 12.9. The van der Waals surface area contributed by atoms with E-state index < -0.39 is 23.5 Å². The molecule has 3 nitrogen and oxygen atoms in total. The summed E-state index contributed by atoms with van der Waals surface area (Å²) in [7, 11) is 0. The van der Waals surface area contributed by atoms with Crippen LogP contribution in [0.4, 0.5) is 13.2 Å². The van der Waals surface area contributed by atoms with Crippen LogP contribution in [-0.4, -0.2) is 12.6 Å². The Hall–Kier alpha value is -2.76. The Morgan fingerprint density at radius 3 is 2.52 bits per heavy atom. The summed E-state index contributed by atoms with van der Waals surface area (Å²) >= 11 is 0. The predicted molar refractivity (Wildman–Crippen MR) is 77.0 cm³/mol. The summed E-state index contributed by atoms with van der Waals surface area (Å²) in [5, 5.41) is 0. The summed E-state index contributed by atoms with van der Waals surface area (Å²) in [6.07, 6.45) is -3.04. The van der Waals surface area contributed by atoms with Gasteiger partial charge in [0.2, 0.25) is 0 Å². The Morgan fingerprint density at radius 1 is 1.04 bits per heavy atom. The van der Waals surface area contributed by atoms with E-state index in [0.29, 0.717) is 11.3 Å². The number of rotatable bonds is 2. The third-order valence-corrected chi connectivity index (χ3v) is 3.29. The van der Waals surface area contributed by atoms with Crippen molar-refractivity contribution in [1.82, 2.24) is 0 Å². The number of esters is 1. The Kier molecular flexibility index (Phi) is 3.82. The minimum absolute atomic E-state index is 0.0516. The Labute approximate surface area is 130 Å². The molecule has 0 amide bonds. The van der Waals surface area contributed by atoms with E-state index in [1.165, 1.54) is 12.1 Å². The van der Waals surface area contributed by atoms with Crippen molar-refractivity contribution in [3.63, 3.8) is 0 Å². The average Bonchev–Trinajstić information content (AvgIpc) is 2.54. The molecule has 0 unspecified atom stereocenters. The van der Waals surface area contributed by atoms with Gasteiger partial charge in [-0.2, -0.15) is 13.2 Å². The monoisotopic (exact) mass is 320 g/mol. The molecule has 2 aromatic rings. The van der Waals surface area contributed by atoms with E-state index in [4.69, 9.17) is 9.47 Å². The van der Waals surface area contributed by atoms with Crippen molar-refractivity contribution >= 4 is 12.0 Å². The van der Waals surface area contributed by atoms with Crippen molar-refractivity contribution < 1.29 is 27.4 Å². The molecule has 0 N–H and O–H groups in total. The molecule has 0 saturated carbocycles. The summed E-state index contributed by atoms with van der Waals surface area (Å²) in [6.45, 7) is -0.0516. The van der Waals surface area contributed by atoms with Crippen LogP contribution in [0.15, 0.2) is 54.1 Å². The van der Waals surface area contributed by atoms with Crippen LogP contribution in [0.2, 0.25) is 0 Å². The van der Waals surface area contributed by atoms with E-state index in [9.17, 15) is 18.0 Å². The van der Waals surface area contributed by atoms with Crippen molar-refractivity contribution in [3.8, 4) is 11.5 Å². The van der Waals surface area contributed by atoms with Gasteiger partial charge in [-0.1, -0.05) is 30.3 Å². The molecule has 3 rings (SSSR count). The number of carbonyl (C=O) groups excluding carboxylic acids is 1. The standard InChI is InChI=1S/C17H11F3O3/c18-17(19,20)13-6-2-4-8-15(13)23-16(21)12-9-11-5-1-3-7-14(11)22-10-12/h1-9H,10H2. The summed E-state index contributed by atoms with van der Waals surface area (Å²) < 4.78 is 49.0. The van der Waals surface area contributed by atoms with E-state index in [-0.39, 0.29) is 12.2 Å². The molecule has 0 spiro atoms. The van der Waals surface area contributed by atoms with E-state index >= 15 is 0 Å². The molecule has 6 heteroatoms. The quantitative estimate of drug-likeness (QED) is 0.618. The fraction of sp³-hybridized carbons (Fsp3) is 0.118.